The van der Waals surface area contributed by atoms with Gasteiger partial charge in [-0.3, -0.25) is 14.7 Å². The van der Waals surface area contributed by atoms with E-state index in [1.54, 1.807) is 12.3 Å². The number of ketones is 1. The number of carbonyl (C=O) groups is 1. The fourth-order valence-corrected chi connectivity index (χ4v) is 4.08. The Hall–Kier alpha value is -3.64. The molecule has 0 fully saturated rings. The monoisotopic (exact) mass is 428 g/mol. The Labute approximate surface area is 187 Å². The van der Waals surface area contributed by atoms with Crippen LogP contribution in [0.5, 0.6) is 17.2 Å². The molecular formula is C26H24N2O4. The lowest BCUT2D eigenvalue weighted by molar-refractivity contribution is 0.0861. The molecule has 0 saturated heterocycles. The standard InChI is InChI=1S/C26H24N2O4/c1-3-30-20-9-7-18(8-10-20)13-23-25(29)24-17(2)12-22-21(26(24)32-23)15-28(16-31-22)14-19-6-4-5-11-27-19/h4-13H,3,14-16H2,1-2H3/b23-13-. The van der Waals surface area contributed by atoms with E-state index in [0.29, 0.717) is 43.5 Å². The number of hydrogen-bond acceptors (Lipinski definition) is 6. The van der Waals surface area contributed by atoms with Crippen molar-refractivity contribution in [2.24, 2.45) is 0 Å². The lowest BCUT2D eigenvalue weighted by Crippen LogP contribution is -2.32. The summed E-state index contributed by atoms with van der Waals surface area (Å²) in [4.78, 5) is 19.7. The fraction of sp³-hybridized carbons (Fsp3) is 0.231. The molecule has 0 unspecified atom stereocenters. The van der Waals surface area contributed by atoms with Crippen molar-refractivity contribution in [2.45, 2.75) is 26.9 Å². The molecule has 6 heteroatoms. The number of nitrogens with zero attached hydrogens (tertiary/aromatic N) is 2. The highest BCUT2D eigenvalue weighted by molar-refractivity contribution is 6.15. The molecule has 0 spiro atoms. The van der Waals surface area contributed by atoms with E-state index in [2.05, 4.69) is 9.88 Å². The third-order valence-electron chi connectivity index (χ3n) is 5.59. The van der Waals surface area contributed by atoms with E-state index < -0.39 is 0 Å². The van der Waals surface area contributed by atoms with Gasteiger partial charge in [0.1, 0.15) is 24.0 Å². The minimum absolute atomic E-state index is 0.101. The highest BCUT2D eigenvalue weighted by Crippen LogP contribution is 2.44. The van der Waals surface area contributed by atoms with Gasteiger partial charge >= 0.3 is 0 Å². The van der Waals surface area contributed by atoms with Crippen LogP contribution in [0.15, 0.2) is 60.5 Å². The topological polar surface area (TPSA) is 60.9 Å². The van der Waals surface area contributed by atoms with Crippen LogP contribution < -0.4 is 14.2 Å². The van der Waals surface area contributed by atoms with Gasteiger partial charge in [0, 0.05) is 19.3 Å². The summed E-state index contributed by atoms with van der Waals surface area (Å²) in [5.74, 6) is 2.40. The quantitative estimate of drug-likeness (QED) is 0.546. The molecule has 162 valence electrons. The molecule has 2 aliphatic heterocycles. The van der Waals surface area contributed by atoms with Crippen LogP contribution in [0.3, 0.4) is 0 Å². The van der Waals surface area contributed by atoms with Crippen LogP contribution in [0.4, 0.5) is 0 Å². The Morgan fingerprint density at radius 1 is 1.19 bits per heavy atom. The molecule has 0 radical (unpaired) electrons. The van der Waals surface area contributed by atoms with E-state index in [-0.39, 0.29) is 5.78 Å². The molecular weight excluding hydrogens is 404 g/mol. The highest BCUT2D eigenvalue weighted by Gasteiger charge is 2.35. The maximum Gasteiger partial charge on any atom is 0.232 e. The van der Waals surface area contributed by atoms with Gasteiger partial charge in [0.2, 0.25) is 5.78 Å². The van der Waals surface area contributed by atoms with E-state index in [1.807, 2.05) is 62.4 Å². The van der Waals surface area contributed by atoms with E-state index >= 15 is 0 Å². The number of fused-ring (bicyclic) bond motifs is 3. The van der Waals surface area contributed by atoms with Crippen LogP contribution in [0.2, 0.25) is 0 Å². The molecule has 0 amide bonds. The number of rotatable bonds is 5. The largest absolute Gasteiger partial charge is 0.494 e. The van der Waals surface area contributed by atoms with Gasteiger partial charge < -0.3 is 14.2 Å². The highest BCUT2D eigenvalue weighted by atomic mass is 16.5. The van der Waals surface area contributed by atoms with Crippen molar-refractivity contribution in [3.63, 3.8) is 0 Å². The summed E-state index contributed by atoms with van der Waals surface area (Å²) in [5.41, 5.74) is 4.22. The first-order chi connectivity index (χ1) is 15.6. The number of aryl methyl sites for hydroxylation is 1. The van der Waals surface area contributed by atoms with Crippen molar-refractivity contribution in [1.82, 2.24) is 9.88 Å². The van der Waals surface area contributed by atoms with Gasteiger partial charge in [0.05, 0.1) is 23.4 Å². The van der Waals surface area contributed by atoms with Gasteiger partial charge in [-0.2, -0.15) is 0 Å². The molecule has 1 aromatic heterocycles. The lowest BCUT2D eigenvalue weighted by Gasteiger charge is -2.29. The third-order valence-corrected chi connectivity index (χ3v) is 5.59. The summed E-state index contributed by atoms with van der Waals surface area (Å²) in [6, 6.07) is 15.4. The predicted molar refractivity (Wildman–Crippen MR) is 121 cm³/mol. The van der Waals surface area contributed by atoms with E-state index in [1.165, 1.54) is 0 Å². The van der Waals surface area contributed by atoms with Crippen molar-refractivity contribution in [2.75, 3.05) is 13.3 Å². The first-order valence-corrected chi connectivity index (χ1v) is 10.7. The van der Waals surface area contributed by atoms with Gasteiger partial charge in [0.15, 0.2) is 5.76 Å². The van der Waals surface area contributed by atoms with Crippen LogP contribution in [-0.2, 0) is 13.1 Å². The number of ether oxygens (including phenoxy) is 3. The van der Waals surface area contributed by atoms with Crippen LogP contribution in [0.1, 0.15) is 39.7 Å². The van der Waals surface area contributed by atoms with Gasteiger partial charge in [-0.15, -0.1) is 0 Å². The summed E-state index contributed by atoms with van der Waals surface area (Å²) in [5, 5.41) is 0. The average molecular weight is 428 g/mol. The zero-order valence-corrected chi connectivity index (χ0v) is 18.1. The molecule has 3 heterocycles. The number of hydrogen-bond donors (Lipinski definition) is 0. The summed E-state index contributed by atoms with van der Waals surface area (Å²) in [7, 11) is 0. The second-order valence-corrected chi connectivity index (χ2v) is 7.90. The third kappa shape index (κ3) is 3.85. The SMILES string of the molecule is CCOc1ccc(/C=C2\Oc3c4c(cc(C)c3C2=O)OCN(Cc2ccccn2)C4)cc1. The molecule has 0 atom stereocenters. The van der Waals surface area contributed by atoms with Gasteiger partial charge in [-0.1, -0.05) is 18.2 Å². The molecule has 0 aliphatic carbocycles. The smallest absolute Gasteiger partial charge is 0.232 e. The molecule has 0 N–H and O–H groups in total. The number of benzene rings is 2. The second-order valence-electron chi connectivity index (χ2n) is 7.90. The number of aromatic nitrogens is 1. The van der Waals surface area contributed by atoms with E-state index in [9.17, 15) is 4.79 Å². The molecule has 5 rings (SSSR count). The first-order valence-electron chi connectivity index (χ1n) is 10.7. The van der Waals surface area contributed by atoms with Crippen molar-refractivity contribution in [1.29, 1.82) is 0 Å². The Morgan fingerprint density at radius 2 is 2.03 bits per heavy atom. The van der Waals surface area contributed by atoms with Gasteiger partial charge in [-0.25, -0.2) is 0 Å². The first kappa shape index (κ1) is 20.3. The summed E-state index contributed by atoms with van der Waals surface area (Å²) in [6.45, 7) is 6.22. The second kappa shape index (κ2) is 8.48. The van der Waals surface area contributed by atoms with Crippen molar-refractivity contribution < 1.29 is 19.0 Å². The Balaban J connectivity index is 1.43. The van der Waals surface area contributed by atoms with Crippen molar-refractivity contribution in [3.8, 4) is 17.2 Å². The number of allylic oxidation sites excluding steroid dienone is 1. The van der Waals surface area contributed by atoms with Crippen molar-refractivity contribution >= 4 is 11.9 Å². The van der Waals surface area contributed by atoms with Crippen LogP contribution >= 0.6 is 0 Å². The molecule has 2 aliphatic rings. The molecule has 0 saturated carbocycles. The Morgan fingerprint density at radius 3 is 2.78 bits per heavy atom. The normalized spacial score (nSPS) is 16.3. The maximum atomic E-state index is 13.2. The summed E-state index contributed by atoms with van der Waals surface area (Å²) >= 11 is 0. The van der Waals surface area contributed by atoms with Crippen LogP contribution in [0.25, 0.3) is 6.08 Å². The predicted octanol–water partition coefficient (Wildman–Crippen LogP) is 4.76. The minimum Gasteiger partial charge on any atom is -0.494 e. The van der Waals surface area contributed by atoms with Crippen LogP contribution in [0, 0.1) is 6.92 Å². The van der Waals surface area contributed by atoms with Gasteiger partial charge in [-0.05, 0) is 61.4 Å². The zero-order chi connectivity index (χ0) is 22.1. The number of Topliss-reactive ketones (excluding diaryl/α,β-unsaturated/α-hetero) is 1. The lowest BCUT2D eigenvalue weighted by atomic mass is 9.98. The zero-order valence-electron chi connectivity index (χ0n) is 18.1. The van der Waals surface area contributed by atoms with Crippen molar-refractivity contribution in [3.05, 3.63) is 88.4 Å². The molecule has 0 bridgehead atoms. The summed E-state index contributed by atoms with van der Waals surface area (Å²) in [6.07, 6.45) is 3.56. The molecule has 32 heavy (non-hydrogen) atoms. The van der Waals surface area contributed by atoms with E-state index in [0.717, 1.165) is 33.9 Å². The summed E-state index contributed by atoms with van der Waals surface area (Å²) < 4.78 is 17.6. The molecule has 2 aromatic carbocycles. The Bertz CT molecular complexity index is 1190. The number of pyridine rings is 1. The average Bonchev–Trinajstić information content (AvgIpc) is 3.13. The van der Waals surface area contributed by atoms with Crippen LogP contribution in [-0.4, -0.2) is 29.0 Å². The minimum atomic E-state index is -0.101. The fourth-order valence-electron chi connectivity index (χ4n) is 4.08. The Kier molecular flexibility index (Phi) is 5.37. The van der Waals surface area contributed by atoms with Gasteiger partial charge in [0.25, 0.3) is 0 Å². The molecule has 3 aromatic rings. The molecule has 6 nitrogen and oxygen atoms in total. The number of carbonyl (C=O) groups excluding carboxylic acids is 1. The van der Waals surface area contributed by atoms with E-state index in [4.69, 9.17) is 14.2 Å². The maximum absolute atomic E-state index is 13.2.